The smallest absolute Gasteiger partial charge is 0.170 e. The Labute approximate surface area is 212 Å². The van der Waals surface area contributed by atoms with Gasteiger partial charge in [-0.1, -0.05) is 6.07 Å². The van der Waals surface area contributed by atoms with Crippen LogP contribution in [0.15, 0.2) is 60.9 Å². The topological polar surface area (TPSA) is 63.6 Å². The molecule has 2 heterocycles. The summed E-state index contributed by atoms with van der Waals surface area (Å²) in [6, 6.07) is 17.2. The number of benzene rings is 2. The Hall–Kier alpha value is -3.10. The van der Waals surface area contributed by atoms with Crippen LogP contribution in [-0.4, -0.2) is 59.7 Å². The number of fused-ring (bicyclic) bond motifs is 1. The van der Waals surface area contributed by atoms with Crippen molar-refractivity contribution in [2.24, 2.45) is 0 Å². The van der Waals surface area contributed by atoms with Gasteiger partial charge in [-0.3, -0.25) is 0 Å². The number of hydrogen-bond acceptors (Lipinski definition) is 5. The van der Waals surface area contributed by atoms with Crippen LogP contribution in [0.4, 0.5) is 5.69 Å². The fourth-order valence-corrected chi connectivity index (χ4v) is 6.15. The van der Waals surface area contributed by atoms with E-state index in [1.807, 2.05) is 47.3 Å². The Kier molecular flexibility index (Phi) is 6.67. The molecular weight excluding hydrogens is 458 g/mol. The lowest BCUT2D eigenvalue weighted by molar-refractivity contribution is 0.161. The van der Waals surface area contributed by atoms with Gasteiger partial charge >= 0.3 is 0 Å². The zero-order valence-electron chi connectivity index (χ0n) is 20.5. The molecule has 3 aromatic rings. The summed E-state index contributed by atoms with van der Waals surface area (Å²) in [4.78, 5) is 2.51. The minimum absolute atomic E-state index is 0.129. The highest BCUT2D eigenvalue weighted by Crippen LogP contribution is 2.49. The molecule has 0 spiro atoms. The molecule has 2 aromatic carbocycles. The molecule has 8 heteroatoms. The quantitative estimate of drug-likeness (QED) is 0.497. The van der Waals surface area contributed by atoms with Crippen molar-refractivity contribution < 1.29 is 9.47 Å². The standard InChI is InChI=1S/C27H33N5O2S/c1-31-16-13-27(19-5-10-23(33-2)24(17-19)34-3)12-11-21(18-25(27)31)30-26(35)29-20-6-8-22(9-7-20)32-15-4-14-28-32/h4-10,14-15,17,21,25H,11-13,16,18H2,1-3H3,(H2,29,30,35)/t21-,25+,27-/m0/s1. The summed E-state index contributed by atoms with van der Waals surface area (Å²) in [7, 11) is 5.63. The maximum absolute atomic E-state index is 5.68. The molecule has 1 aliphatic carbocycles. The van der Waals surface area contributed by atoms with Gasteiger partial charge in [0, 0.05) is 35.6 Å². The molecule has 0 amide bonds. The molecule has 1 saturated heterocycles. The number of nitrogens with one attached hydrogen (secondary N) is 2. The normalized spacial score (nSPS) is 24.0. The molecule has 0 radical (unpaired) electrons. The summed E-state index contributed by atoms with van der Waals surface area (Å²) in [5, 5.41) is 11.9. The van der Waals surface area contributed by atoms with Gasteiger partial charge in [-0.05, 0) is 99.5 Å². The maximum atomic E-state index is 5.68. The van der Waals surface area contributed by atoms with Crippen molar-refractivity contribution in [3.8, 4) is 17.2 Å². The molecule has 35 heavy (non-hydrogen) atoms. The second-order valence-corrected chi connectivity index (χ2v) is 9.95. The summed E-state index contributed by atoms with van der Waals surface area (Å²) < 4.78 is 12.9. The number of likely N-dealkylation sites (N-methyl/N-ethyl adjacent to an activating group) is 1. The highest BCUT2D eigenvalue weighted by molar-refractivity contribution is 7.80. The first kappa shape index (κ1) is 23.6. The van der Waals surface area contributed by atoms with Gasteiger partial charge in [-0.25, -0.2) is 4.68 Å². The van der Waals surface area contributed by atoms with Crippen LogP contribution >= 0.6 is 12.2 Å². The van der Waals surface area contributed by atoms with Gasteiger partial charge in [0.25, 0.3) is 0 Å². The van der Waals surface area contributed by atoms with Crippen molar-refractivity contribution >= 4 is 23.0 Å². The van der Waals surface area contributed by atoms with Crippen LogP contribution in [-0.2, 0) is 5.41 Å². The van der Waals surface area contributed by atoms with E-state index in [0.717, 1.165) is 55.1 Å². The second kappa shape index (κ2) is 9.87. The highest BCUT2D eigenvalue weighted by atomic mass is 32.1. The van der Waals surface area contributed by atoms with E-state index in [2.05, 4.69) is 39.8 Å². The lowest BCUT2D eigenvalue weighted by Gasteiger charge is -2.45. The first-order valence-corrected chi connectivity index (χ1v) is 12.5. The first-order valence-electron chi connectivity index (χ1n) is 12.1. The Morgan fingerprint density at radius 1 is 1.09 bits per heavy atom. The third kappa shape index (κ3) is 4.60. The molecule has 3 atom stereocenters. The van der Waals surface area contributed by atoms with Crippen LogP contribution < -0.4 is 20.1 Å². The number of aromatic nitrogens is 2. The molecule has 0 unspecified atom stereocenters. The lowest BCUT2D eigenvalue weighted by Crippen LogP contribution is -2.52. The van der Waals surface area contributed by atoms with E-state index in [1.54, 1.807) is 20.4 Å². The Morgan fingerprint density at radius 3 is 2.60 bits per heavy atom. The minimum Gasteiger partial charge on any atom is -0.493 e. The molecule has 1 saturated carbocycles. The first-order chi connectivity index (χ1) is 17.0. The van der Waals surface area contributed by atoms with Crippen LogP contribution in [0.25, 0.3) is 5.69 Å². The maximum Gasteiger partial charge on any atom is 0.170 e. The van der Waals surface area contributed by atoms with E-state index in [1.165, 1.54) is 5.56 Å². The van der Waals surface area contributed by atoms with Crippen LogP contribution in [0.5, 0.6) is 11.5 Å². The van der Waals surface area contributed by atoms with E-state index in [-0.39, 0.29) is 5.41 Å². The van der Waals surface area contributed by atoms with Crippen molar-refractivity contribution in [3.63, 3.8) is 0 Å². The van der Waals surface area contributed by atoms with Crippen molar-refractivity contribution in [1.29, 1.82) is 0 Å². The summed E-state index contributed by atoms with van der Waals surface area (Å²) in [5.41, 5.74) is 3.46. The molecule has 2 aliphatic rings. The molecule has 184 valence electrons. The number of ether oxygens (including phenoxy) is 2. The van der Waals surface area contributed by atoms with Crippen molar-refractivity contribution in [3.05, 3.63) is 66.5 Å². The molecule has 1 aromatic heterocycles. The van der Waals surface area contributed by atoms with E-state index >= 15 is 0 Å². The number of thiocarbonyl (C=S) groups is 1. The number of likely N-dealkylation sites (tertiary alicyclic amines) is 1. The van der Waals surface area contributed by atoms with Gasteiger partial charge in [-0.15, -0.1) is 0 Å². The predicted octanol–water partition coefficient (Wildman–Crippen LogP) is 4.37. The number of nitrogens with zero attached hydrogens (tertiary/aromatic N) is 3. The third-order valence-electron chi connectivity index (χ3n) is 7.72. The van der Waals surface area contributed by atoms with E-state index in [0.29, 0.717) is 17.2 Å². The Balaban J connectivity index is 1.25. The molecular formula is C27H33N5O2S. The zero-order chi connectivity index (χ0) is 24.4. The van der Waals surface area contributed by atoms with Gasteiger partial charge in [0.05, 0.1) is 19.9 Å². The highest BCUT2D eigenvalue weighted by Gasteiger charge is 2.50. The van der Waals surface area contributed by atoms with Crippen molar-refractivity contribution in [2.45, 2.75) is 43.2 Å². The average Bonchev–Trinajstić information content (AvgIpc) is 3.53. The number of hydrogen-bond donors (Lipinski definition) is 2. The summed E-state index contributed by atoms with van der Waals surface area (Å²) >= 11 is 5.68. The number of anilines is 1. The van der Waals surface area contributed by atoms with Gasteiger partial charge in [0.15, 0.2) is 16.6 Å². The van der Waals surface area contributed by atoms with E-state index < -0.39 is 0 Å². The summed E-state index contributed by atoms with van der Waals surface area (Å²) in [6.07, 6.45) is 8.08. The Morgan fingerprint density at radius 2 is 1.89 bits per heavy atom. The van der Waals surface area contributed by atoms with Crippen LogP contribution in [0.1, 0.15) is 31.2 Å². The molecule has 7 nitrogen and oxygen atoms in total. The molecule has 2 fully saturated rings. The molecule has 0 bridgehead atoms. The van der Waals surface area contributed by atoms with Crippen LogP contribution in [0, 0.1) is 0 Å². The lowest BCUT2D eigenvalue weighted by atomic mass is 9.65. The van der Waals surface area contributed by atoms with Crippen LogP contribution in [0.3, 0.4) is 0 Å². The zero-order valence-corrected chi connectivity index (χ0v) is 21.3. The monoisotopic (exact) mass is 491 g/mol. The number of methoxy groups -OCH3 is 2. The molecule has 5 rings (SSSR count). The summed E-state index contributed by atoms with van der Waals surface area (Å²) in [6.45, 7) is 1.09. The molecule has 2 N–H and O–H groups in total. The van der Waals surface area contributed by atoms with Crippen LogP contribution in [0.2, 0.25) is 0 Å². The summed E-state index contributed by atoms with van der Waals surface area (Å²) in [5.74, 6) is 1.58. The minimum atomic E-state index is 0.129. The largest absolute Gasteiger partial charge is 0.493 e. The third-order valence-corrected chi connectivity index (χ3v) is 7.93. The van der Waals surface area contributed by atoms with Gasteiger partial charge in [-0.2, -0.15) is 5.10 Å². The average molecular weight is 492 g/mol. The molecule has 1 aliphatic heterocycles. The fourth-order valence-electron chi connectivity index (χ4n) is 5.87. The van der Waals surface area contributed by atoms with E-state index in [9.17, 15) is 0 Å². The van der Waals surface area contributed by atoms with Crippen molar-refractivity contribution in [1.82, 2.24) is 20.0 Å². The van der Waals surface area contributed by atoms with E-state index in [4.69, 9.17) is 21.7 Å². The van der Waals surface area contributed by atoms with Gasteiger partial charge in [0.1, 0.15) is 0 Å². The SMILES string of the molecule is COc1ccc([C@@]23CC[C@H](NC(=S)Nc4ccc(-n5cccn5)cc4)C[C@H]2N(C)CC3)cc1OC. The van der Waals surface area contributed by atoms with Crippen molar-refractivity contribution in [2.75, 3.05) is 33.1 Å². The fraction of sp³-hybridized carbons (Fsp3) is 0.407. The van der Waals surface area contributed by atoms with Gasteiger partial charge in [0.2, 0.25) is 0 Å². The van der Waals surface area contributed by atoms with Gasteiger partial charge < -0.3 is 25.0 Å². The number of rotatable bonds is 6. The second-order valence-electron chi connectivity index (χ2n) is 9.54. The predicted molar refractivity (Wildman–Crippen MR) is 143 cm³/mol. The Bertz CT molecular complexity index is 1170.